The number of halogens is 1. The normalized spacial score (nSPS) is 23.8. The molecule has 2 atom stereocenters. The highest BCUT2D eigenvalue weighted by atomic mass is 35.5. The fourth-order valence-electron chi connectivity index (χ4n) is 4.76. The summed E-state index contributed by atoms with van der Waals surface area (Å²) in [5.41, 5.74) is 1.87. The maximum Gasteiger partial charge on any atom is 0.231 e. The van der Waals surface area contributed by atoms with Gasteiger partial charge in [-0.1, -0.05) is 35.5 Å². The molecular weight excluding hydrogens is 390 g/mol. The minimum atomic E-state index is 0.151. The number of carbonyl (C=O) groups excluding carboxylic acids is 1. The molecule has 6 heteroatoms. The third kappa shape index (κ3) is 3.35. The van der Waals surface area contributed by atoms with Gasteiger partial charge in [0.05, 0.1) is 11.4 Å². The monoisotopic (exact) mass is 413 g/mol. The summed E-state index contributed by atoms with van der Waals surface area (Å²) in [5, 5.41) is 4.22. The van der Waals surface area contributed by atoms with Gasteiger partial charge in [0.15, 0.2) is 0 Å². The van der Waals surface area contributed by atoms with E-state index in [1.807, 2.05) is 41.3 Å². The van der Waals surface area contributed by atoms with Crippen LogP contribution >= 0.6 is 23.4 Å². The number of carbonyl (C=O) groups is 1. The highest BCUT2D eigenvalue weighted by Gasteiger charge is 2.35. The summed E-state index contributed by atoms with van der Waals surface area (Å²) in [6, 6.07) is 15.1. The summed E-state index contributed by atoms with van der Waals surface area (Å²) >= 11 is 7.97. The maximum atomic E-state index is 13.4. The third-order valence-electron chi connectivity index (χ3n) is 6.08. The number of nitrogens with zero attached hydrogens (tertiary/aromatic N) is 2. The average molecular weight is 414 g/mol. The molecule has 0 radical (unpaired) electrons. The Morgan fingerprint density at radius 1 is 1.14 bits per heavy atom. The van der Waals surface area contributed by atoms with Gasteiger partial charge in [-0.2, -0.15) is 0 Å². The molecule has 4 nitrogen and oxygen atoms in total. The summed E-state index contributed by atoms with van der Waals surface area (Å²) in [5.74, 6) is 0.151. The van der Waals surface area contributed by atoms with Crippen LogP contribution in [0.15, 0.2) is 52.3 Å². The number of para-hydroxylation sites is 1. The van der Waals surface area contributed by atoms with Crippen molar-refractivity contribution in [3.8, 4) is 0 Å². The van der Waals surface area contributed by atoms with Crippen LogP contribution in [0.3, 0.4) is 0 Å². The van der Waals surface area contributed by atoms with Crippen LogP contribution in [0.25, 0.3) is 0 Å². The molecule has 3 aliphatic heterocycles. The molecule has 5 rings (SSSR count). The molecule has 0 aliphatic carbocycles. The standard InChI is InChI=1S/C22H24ClN3OS/c23-15-7-9-21-19(12-15)26(18-5-1-2-6-20(18)28-21)22(27)10-8-17-14-24-13-16-4-3-11-25(16)17/h1-2,5-7,9,12,16-17,24H,3-4,8,10-11,13-14H2. The molecule has 0 bridgehead atoms. The van der Waals surface area contributed by atoms with Gasteiger partial charge < -0.3 is 5.32 Å². The van der Waals surface area contributed by atoms with E-state index < -0.39 is 0 Å². The average Bonchev–Trinajstić information content (AvgIpc) is 3.20. The molecule has 1 amide bonds. The minimum absolute atomic E-state index is 0.151. The molecule has 146 valence electrons. The van der Waals surface area contributed by atoms with Crippen LogP contribution in [-0.4, -0.2) is 42.5 Å². The number of hydrogen-bond donors (Lipinski definition) is 1. The van der Waals surface area contributed by atoms with Gasteiger partial charge in [0.25, 0.3) is 0 Å². The van der Waals surface area contributed by atoms with E-state index in [1.54, 1.807) is 11.8 Å². The van der Waals surface area contributed by atoms with Crippen molar-refractivity contribution >= 4 is 40.6 Å². The molecule has 28 heavy (non-hydrogen) atoms. The second kappa shape index (κ2) is 7.71. The molecule has 2 saturated heterocycles. The summed E-state index contributed by atoms with van der Waals surface area (Å²) < 4.78 is 0. The Hall–Kier alpha value is -1.53. The molecule has 0 aromatic heterocycles. The van der Waals surface area contributed by atoms with Gasteiger partial charge in [0, 0.05) is 46.4 Å². The van der Waals surface area contributed by atoms with Gasteiger partial charge in [0.2, 0.25) is 5.91 Å². The highest BCUT2D eigenvalue weighted by Crippen LogP contribution is 2.49. The van der Waals surface area contributed by atoms with Gasteiger partial charge in [-0.3, -0.25) is 14.6 Å². The Balaban J connectivity index is 1.39. The number of amides is 1. The largest absolute Gasteiger partial charge is 0.314 e. The Morgan fingerprint density at radius 2 is 2.00 bits per heavy atom. The van der Waals surface area contributed by atoms with E-state index in [0.717, 1.165) is 40.7 Å². The lowest BCUT2D eigenvalue weighted by atomic mass is 10.0. The number of piperazine rings is 1. The first-order chi connectivity index (χ1) is 13.7. The number of fused-ring (bicyclic) bond motifs is 3. The molecule has 0 saturated carbocycles. The molecule has 3 aliphatic rings. The maximum absolute atomic E-state index is 13.4. The van der Waals surface area contributed by atoms with Gasteiger partial charge >= 0.3 is 0 Å². The van der Waals surface area contributed by atoms with Crippen molar-refractivity contribution in [1.82, 2.24) is 10.2 Å². The van der Waals surface area contributed by atoms with E-state index in [9.17, 15) is 4.79 Å². The van der Waals surface area contributed by atoms with Gasteiger partial charge in [-0.05, 0) is 56.1 Å². The molecule has 1 N–H and O–H groups in total. The summed E-state index contributed by atoms with van der Waals surface area (Å²) in [7, 11) is 0. The molecule has 2 unspecified atom stereocenters. The Morgan fingerprint density at radius 3 is 2.93 bits per heavy atom. The van der Waals surface area contributed by atoms with Crippen LogP contribution in [0.5, 0.6) is 0 Å². The smallest absolute Gasteiger partial charge is 0.231 e. The SMILES string of the molecule is O=C(CCC1CNCC2CCCN21)N1c2ccccc2Sc2ccc(Cl)cc21. The molecule has 2 aromatic rings. The van der Waals surface area contributed by atoms with Crippen molar-refractivity contribution in [2.24, 2.45) is 0 Å². The summed E-state index contributed by atoms with van der Waals surface area (Å²) in [6.07, 6.45) is 3.99. The van der Waals surface area contributed by atoms with Crippen LogP contribution in [0.4, 0.5) is 11.4 Å². The van der Waals surface area contributed by atoms with Crippen LogP contribution in [0.2, 0.25) is 5.02 Å². The zero-order valence-corrected chi connectivity index (χ0v) is 17.3. The first kappa shape index (κ1) is 18.5. The first-order valence-corrected chi connectivity index (χ1v) is 11.3. The van der Waals surface area contributed by atoms with E-state index >= 15 is 0 Å². The molecule has 2 fully saturated rings. The lowest BCUT2D eigenvalue weighted by Gasteiger charge is -2.38. The molecule has 3 heterocycles. The molecular formula is C22H24ClN3OS. The second-order valence-corrected chi connectivity index (χ2v) is 9.32. The third-order valence-corrected chi connectivity index (χ3v) is 7.45. The van der Waals surface area contributed by atoms with E-state index in [1.165, 1.54) is 19.4 Å². The van der Waals surface area contributed by atoms with E-state index in [2.05, 4.69) is 16.3 Å². The fraction of sp³-hybridized carbons (Fsp3) is 0.409. The van der Waals surface area contributed by atoms with Gasteiger partial charge in [0.1, 0.15) is 0 Å². The topological polar surface area (TPSA) is 35.6 Å². The van der Waals surface area contributed by atoms with E-state index in [-0.39, 0.29) is 5.91 Å². The Labute approximate surface area is 175 Å². The minimum Gasteiger partial charge on any atom is -0.314 e. The van der Waals surface area contributed by atoms with E-state index in [0.29, 0.717) is 23.5 Å². The number of rotatable bonds is 3. The fourth-order valence-corrected chi connectivity index (χ4v) is 5.96. The predicted molar refractivity (Wildman–Crippen MR) is 115 cm³/mol. The predicted octanol–water partition coefficient (Wildman–Crippen LogP) is 4.69. The van der Waals surface area contributed by atoms with Crippen LogP contribution in [0.1, 0.15) is 25.7 Å². The highest BCUT2D eigenvalue weighted by molar-refractivity contribution is 7.99. The van der Waals surface area contributed by atoms with Crippen molar-refractivity contribution in [2.75, 3.05) is 24.5 Å². The number of nitrogens with one attached hydrogen (secondary N) is 1. The summed E-state index contributed by atoms with van der Waals surface area (Å²) in [4.78, 5) is 20.1. The lowest BCUT2D eigenvalue weighted by Crippen LogP contribution is -2.54. The van der Waals surface area contributed by atoms with Gasteiger partial charge in [-0.15, -0.1) is 0 Å². The second-order valence-electron chi connectivity index (χ2n) is 7.80. The first-order valence-electron chi connectivity index (χ1n) is 10.1. The number of benzene rings is 2. The zero-order valence-electron chi connectivity index (χ0n) is 15.7. The van der Waals surface area contributed by atoms with Crippen LogP contribution < -0.4 is 10.2 Å². The van der Waals surface area contributed by atoms with Crippen molar-refractivity contribution in [3.63, 3.8) is 0 Å². The zero-order chi connectivity index (χ0) is 19.1. The summed E-state index contributed by atoms with van der Waals surface area (Å²) in [6.45, 7) is 3.25. The Bertz CT molecular complexity index is 905. The van der Waals surface area contributed by atoms with E-state index in [4.69, 9.17) is 11.6 Å². The van der Waals surface area contributed by atoms with Crippen molar-refractivity contribution in [2.45, 2.75) is 47.6 Å². The van der Waals surface area contributed by atoms with Crippen LogP contribution in [-0.2, 0) is 4.79 Å². The van der Waals surface area contributed by atoms with Crippen LogP contribution in [0, 0.1) is 0 Å². The van der Waals surface area contributed by atoms with Crippen molar-refractivity contribution in [1.29, 1.82) is 0 Å². The van der Waals surface area contributed by atoms with Crippen molar-refractivity contribution in [3.05, 3.63) is 47.5 Å². The number of hydrogen-bond acceptors (Lipinski definition) is 4. The molecule has 0 spiro atoms. The number of anilines is 2. The lowest BCUT2D eigenvalue weighted by molar-refractivity contribution is -0.118. The Kier molecular flexibility index (Phi) is 5.09. The van der Waals surface area contributed by atoms with Gasteiger partial charge in [-0.25, -0.2) is 0 Å². The quantitative estimate of drug-likeness (QED) is 0.792. The molecule has 2 aromatic carbocycles. The van der Waals surface area contributed by atoms with Crippen molar-refractivity contribution < 1.29 is 4.79 Å².